The van der Waals surface area contributed by atoms with Gasteiger partial charge in [0.1, 0.15) is 41.1 Å². The Kier molecular flexibility index (Phi) is 11.0. The highest BCUT2D eigenvalue weighted by molar-refractivity contribution is 6.05. The van der Waals surface area contributed by atoms with Crippen molar-refractivity contribution in [3.05, 3.63) is 66.1 Å². The molecule has 2 aliphatic heterocycles. The second kappa shape index (κ2) is 16.2. The average Bonchev–Trinajstić information content (AvgIpc) is 3.77. The van der Waals surface area contributed by atoms with Gasteiger partial charge in [0.2, 0.25) is 5.91 Å². The van der Waals surface area contributed by atoms with Gasteiger partial charge in [-0.2, -0.15) is 23.3 Å². The summed E-state index contributed by atoms with van der Waals surface area (Å²) in [5, 5.41) is 10.5. The number of piperidine rings is 1. The lowest BCUT2D eigenvalue weighted by atomic mass is 9.85. The number of halogens is 3. The Balaban J connectivity index is 0.843. The number of imidazole rings is 1. The molecule has 1 unspecified atom stereocenters. The van der Waals surface area contributed by atoms with Gasteiger partial charge in [0.05, 0.1) is 36.5 Å². The molecular formula is C40H43F3N8O7. The highest BCUT2D eigenvalue weighted by atomic mass is 19.4. The number of fused-ring (bicyclic) bond motifs is 2. The lowest BCUT2D eigenvalue weighted by Crippen LogP contribution is -2.47. The van der Waals surface area contributed by atoms with Gasteiger partial charge in [-0.15, -0.1) is 0 Å². The van der Waals surface area contributed by atoms with Crippen LogP contribution in [0.15, 0.2) is 54.7 Å². The molecule has 5 aromatic rings. The van der Waals surface area contributed by atoms with Crippen LogP contribution in [0.1, 0.15) is 60.7 Å². The maximum absolute atomic E-state index is 13.2. The molecule has 8 rings (SSSR count). The minimum Gasteiger partial charge on any atom is -0.494 e. The molecule has 5 heterocycles. The molecule has 306 valence electrons. The van der Waals surface area contributed by atoms with Gasteiger partial charge in [0.15, 0.2) is 6.10 Å². The van der Waals surface area contributed by atoms with E-state index in [9.17, 15) is 27.6 Å². The highest BCUT2D eigenvalue weighted by Crippen LogP contribution is 2.36. The highest BCUT2D eigenvalue weighted by Gasteiger charge is 2.34. The van der Waals surface area contributed by atoms with E-state index in [1.165, 1.54) is 13.2 Å². The molecular weight excluding hydrogens is 761 g/mol. The number of ether oxygens (including phenoxy) is 4. The van der Waals surface area contributed by atoms with Gasteiger partial charge in [-0.3, -0.25) is 33.8 Å². The quantitative estimate of drug-likeness (QED) is 0.167. The molecule has 3 fully saturated rings. The van der Waals surface area contributed by atoms with Crippen molar-refractivity contribution in [2.75, 3.05) is 45.3 Å². The monoisotopic (exact) mass is 804 g/mol. The van der Waals surface area contributed by atoms with Crippen molar-refractivity contribution in [3.8, 4) is 17.5 Å². The molecule has 3 aromatic heterocycles. The number of alkyl halides is 3. The second-order valence-corrected chi connectivity index (χ2v) is 15.0. The molecule has 3 amide bonds. The van der Waals surface area contributed by atoms with Crippen molar-refractivity contribution in [1.82, 2.24) is 34.5 Å². The zero-order chi connectivity index (χ0) is 40.6. The lowest BCUT2D eigenvalue weighted by molar-refractivity contribution is -0.141. The van der Waals surface area contributed by atoms with Gasteiger partial charge in [-0.25, -0.2) is 4.98 Å². The molecule has 1 aliphatic carbocycles. The third-order valence-corrected chi connectivity index (χ3v) is 11.0. The normalized spacial score (nSPS) is 21.9. The van der Waals surface area contributed by atoms with Gasteiger partial charge in [-0.05, 0) is 61.9 Å². The van der Waals surface area contributed by atoms with Crippen molar-refractivity contribution in [2.24, 2.45) is 13.0 Å². The van der Waals surface area contributed by atoms with Crippen LogP contribution in [0.4, 0.5) is 18.9 Å². The topological polar surface area (TPSA) is 164 Å². The number of rotatable bonds is 11. The summed E-state index contributed by atoms with van der Waals surface area (Å²) < 4.78 is 67.1. The summed E-state index contributed by atoms with van der Waals surface area (Å²) in [7, 11) is 3.25. The first-order valence-electron chi connectivity index (χ1n) is 19.3. The Morgan fingerprint density at radius 3 is 2.60 bits per heavy atom. The third kappa shape index (κ3) is 8.43. The summed E-state index contributed by atoms with van der Waals surface area (Å²) in [4.78, 5) is 47.2. The summed E-state index contributed by atoms with van der Waals surface area (Å²) in [5.41, 5.74) is 0.868. The van der Waals surface area contributed by atoms with Gasteiger partial charge in [-0.1, -0.05) is 12.1 Å². The Labute approximate surface area is 330 Å². The number of aromatic nitrogens is 5. The number of carbonyl (C=O) groups is 3. The number of pyridine rings is 1. The fraction of sp³-hybridized carbons (Fsp3) is 0.450. The number of anilines is 1. The van der Waals surface area contributed by atoms with Gasteiger partial charge in [0, 0.05) is 57.2 Å². The SMILES string of the molecule is COc1cc2nn([C@H]3CC[C@H](CN4CCO[C@@H](COc5cccc6nc(OC7CCC(=O)NC7=O)n(C)c56)C4)CC3)cc2cc1NC(=O)c1cccc(C(F)(F)F)n1. The number of amides is 3. The van der Waals surface area contributed by atoms with Crippen LogP contribution in [-0.4, -0.2) is 99.1 Å². The summed E-state index contributed by atoms with van der Waals surface area (Å²) in [6.45, 7) is 3.48. The van der Waals surface area contributed by atoms with E-state index in [4.69, 9.17) is 24.0 Å². The minimum atomic E-state index is -4.67. The Hall–Kier alpha value is -5.75. The lowest BCUT2D eigenvalue weighted by Gasteiger charge is -2.37. The smallest absolute Gasteiger partial charge is 0.433 e. The number of para-hydroxylation sites is 1. The number of carbonyl (C=O) groups excluding carboxylic acids is 3. The third-order valence-electron chi connectivity index (χ3n) is 11.0. The number of nitrogens with one attached hydrogen (secondary N) is 2. The molecule has 2 N–H and O–H groups in total. The fourth-order valence-corrected chi connectivity index (χ4v) is 7.96. The predicted molar refractivity (Wildman–Crippen MR) is 204 cm³/mol. The van der Waals surface area contributed by atoms with Crippen molar-refractivity contribution in [1.29, 1.82) is 0 Å². The molecule has 15 nitrogen and oxygen atoms in total. The van der Waals surface area contributed by atoms with E-state index in [1.54, 1.807) is 23.7 Å². The van der Waals surface area contributed by atoms with Gasteiger partial charge in [0.25, 0.3) is 17.8 Å². The van der Waals surface area contributed by atoms with Crippen molar-refractivity contribution in [3.63, 3.8) is 0 Å². The van der Waals surface area contributed by atoms with E-state index in [2.05, 4.69) is 25.5 Å². The Bertz CT molecular complexity index is 2340. The minimum absolute atomic E-state index is 0.128. The van der Waals surface area contributed by atoms with Crippen LogP contribution in [0.3, 0.4) is 0 Å². The van der Waals surface area contributed by atoms with E-state index in [0.29, 0.717) is 47.4 Å². The number of benzene rings is 2. The maximum atomic E-state index is 13.2. The summed E-state index contributed by atoms with van der Waals surface area (Å²) >= 11 is 0. The van der Waals surface area contributed by atoms with E-state index in [0.717, 1.165) is 68.4 Å². The van der Waals surface area contributed by atoms with Gasteiger partial charge < -0.3 is 24.3 Å². The zero-order valence-electron chi connectivity index (χ0n) is 32.0. The van der Waals surface area contributed by atoms with E-state index >= 15 is 0 Å². The molecule has 0 bridgehead atoms. The number of aryl methyl sites for hydroxylation is 1. The number of hydrogen-bond acceptors (Lipinski definition) is 11. The van der Waals surface area contributed by atoms with E-state index in [-0.39, 0.29) is 42.6 Å². The summed E-state index contributed by atoms with van der Waals surface area (Å²) in [6.07, 6.45) is 0.776. The first-order valence-corrected chi connectivity index (χ1v) is 19.3. The number of hydrogen-bond donors (Lipinski definition) is 2. The summed E-state index contributed by atoms with van der Waals surface area (Å²) in [6, 6.07) is 12.6. The molecule has 18 heteroatoms. The van der Waals surface area contributed by atoms with Crippen LogP contribution in [0.5, 0.6) is 17.5 Å². The maximum Gasteiger partial charge on any atom is 0.433 e. The van der Waals surface area contributed by atoms with E-state index in [1.807, 2.05) is 29.1 Å². The number of methoxy groups -OCH3 is 1. The Morgan fingerprint density at radius 1 is 1.02 bits per heavy atom. The van der Waals surface area contributed by atoms with Crippen LogP contribution in [0.25, 0.3) is 21.9 Å². The first kappa shape index (κ1) is 39.1. The average molecular weight is 805 g/mol. The predicted octanol–water partition coefficient (Wildman–Crippen LogP) is 5.29. The number of morpholine rings is 1. The van der Waals surface area contributed by atoms with E-state index < -0.39 is 29.8 Å². The van der Waals surface area contributed by atoms with Crippen molar-refractivity contribution >= 4 is 45.3 Å². The first-order chi connectivity index (χ1) is 27.9. The fourth-order valence-electron chi connectivity index (χ4n) is 7.96. The molecule has 1 saturated carbocycles. The number of nitrogens with zero attached hydrogens (tertiary/aromatic N) is 6. The molecule has 3 aliphatic rings. The summed E-state index contributed by atoms with van der Waals surface area (Å²) in [5.74, 6) is -0.0979. The second-order valence-electron chi connectivity index (χ2n) is 15.0. The molecule has 0 spiro atoms. The van der Waals surface area contributed by atoms with Crippen molar-refractivity contribution in [2.45, 2.75) is 63.0 Å². The largest absolute Gasteiger partial charge is 0.494 e. The van der Waals surface area contributed by atoms with Crippen LogP contribution >= 0.6 is 0 Å². The van der Waals surface area contributed by atoms with Crippen LogP contribution in [-0.2, 0) is 27.5 Å². The molecule has 2 saturated heterocycles. The number of imide groups is 1. The zero-order valence-corrected chi connectivity index (χ0v) is 32.0. The molecule has 58 heavy (non-hydrogen) atoms. The Morgan fingerprint density at radius 2 is 1.83 bits per heavy atom. The molecule has 0 radical (unpaired) electrons. The van der Waals surface area contributed by atoms with Crippen LogP contribution < -0.4 is 24.8 Å². The van der Waals surface area contributed by atoms with Crippen molar-refractivity contribution < 1.29 is 46.5 Å². The van der Waals surface area contributed by atoms with Crippen LogP contribution in [0, 0.1) is 5.92 Å². The molecule has 2 aromatic carbocycles. The molecule has 2 atom stereocenters. The standard InChI is InChI=1S/C40H43F3N8O7/c1-49-36-27(46-39(49)58-32-13-14-35(52)47-38(32)54)5-3-7-31(36)57-22-26-21-50(15-16-56-26)19-23-9-11-25(12-10-23)51-20-24-17-30(33(55-2)18-29(24)48-51)45-37(53)28-6-4-8-34(44-28)40(41,42)43/h3-8,17-18,20,23,25-26,32H,9-16,19,21-22H2,1-2H3,(H,45,53)(H,47,52,54)/t23-,25-,26-,32?/m1/s1. The van der Waals surface area contributed by atoms with Gasteiger partial charge >= 0.3 is 6.18 Å². The van der Waals surface area contributed by atoms with Crippen LogP contribution in [0.2, 0.25) is 0 Å².